The summed E-state index contributed by atoms with van der Waals surface area (Å²) in [5, 5.41) is 10.4. The molecule has 154 valence electrons. The zero-order chi connectivity index (χ0) is 20.4. The molecule has 1 fully saturated rings. The van der Waals surface area contributed by atoms with Crippen molar-refractivity contribution in [3.8, 4) is 0 Å². The molecule has 1 heterocycles. The first kappa shape index (κ1) is 23.0. The molecule has 28 heavy (non-hydrogen) atoms. The Bertz CT molecular complexity index is 689. The molecule has 0 bridgehead atoms. The molecule has 0 aromatic heterocycles. The standard InChI is InChI=1S/C23H31BrFNO2/c1-18-10-11-20(15-23(18)25)14-21-9-7-13-26(21)16-22(27)17-28-19(2)8-5-3-4-6-12-24/h3-6,8,10-12,15,19,21-22,27H,7,9,13-14,16-17H2,1-2H3/b4-3-,8-5+,12-6+/t19-,21+,22-/m1/s1. The number of aryl methyl sites for hydroxylation is 1. The Morgan fingerprint density at radius 1 is 1.32 bits per heavy atom. The van der Waals surface area contributed by atoms with E-state index >= 15 is 0 Å². The van der Waals surface area contributed by atoms with Gasteiger partial charge in [0.05, 0.1) is 18.8 Å². The molecule has 0 saturated carbocycles. The van der Waals surface area contributed by atoms with Crippen LogP contribution in [0.1, 0.15) is 30.9 Å². The van der Waals surface area contributed by atoms with Gasteiger partial charge in [0, 0.05) is 12.6 Å². The summed E-state index contributed by atoms with van der Waals surface area (Å²) in [5.41, 5.74) is 1.70. The van der Waals surface area contributed by atoms with Gasteiger partial charge < -0.3 is 9.84 Å². The third-order valence-corrected chi connectivity index (χ3v) is 5.30. The molecule has 0 spiro atoms. The minimum absolute atomic E-state index is 0.0582. The maximum Gasteiger partial charge on any atom is 0.126 e. The van der Waals surface area contributed by atoms with Crippen LogP contribution in [0.2, 0.25) is 0 Å². The lowest BCUT2D eigenvalue weighted by Gasteiger charge is -2.27. The fourth-order valence-corrected chi connectivity index (χ4v) is 3.61. The number of rotatable bonds is 10. The predicted molar refractivity (Wildman–Crippen MR) is 117 cm³/mol. The van der Waals surface area contributed by atoms with Crippen LogP contribution in [0.3, 0.4) is 0 Å². The highest BCUT2D eigenvalue weighted by atomic mass is 79.9. The Balaban J connectivity index is 1.77. The van der Waals surface area contributed by atoms with Crippen LogP contribution in [0.25, 0.3) is 0 Å². The number of likely N-dealkylation sites (tertiary alicyclic amines) is 1. The minimum Gasteiger partial charge on any atom is -0.389 e. The van der Waals surface area contributed by atoms with Gasteiger partial charge in [-0.3, -0.25) is 4.90 Å². The molecule has 1 N–H and O–H groups in total. The van der Waals surface area contributed by atoms with Crippen LogP contribution in [0.15, 0.2) is 53.6 Å². The van der Waals surface area contributed by atoms with Gasteiger partial charge in [0.25, 0.3) is 0 Å². The summed E-state index contributed by atoms with van der Waals surface area (Å²) in [6.07, 6.45) is 12.0. The molecule has 0 unspecified atom stereocenters. The third kappa shape index (κ3) is 8.00. The average molecular weight is 452 g/mol. The van der Waals surface area contributed by atoms with Crippen LogP contribution < -0.4 is 0 Å². The lowest BCUT2D eigenvalue weighted by atomic mass is 10.0. The molecule has 2 rings (SSSR count). The molecule has 1 aliphatic rings. The van der Waals surface area contributed by atoms with Gasteiger partial charge in [0.2, 0.25) is 0 Å². The lowest BCUT2D eigenvalue weighted by molar-refractivity contribution is -0.00147. The fourth-order valence-electron chi connectivity index (χ4n) is 3.43. The highest BCUT2D eigenvalue weighted by Gasteiger charge is 2.26. The van der Waals surface area contributed by atoms with Gasteiger partial charge in [-0.2, -0.15) is 0 Å². The monoisotopic (exact) mass is 451 g/mol. The number of allylic oxidation sites excluding steroid dienone is 4. The smallest absolute Gasteiger partial charge is 0.126 e. The number of hydrogen-bond acceptors (Lipinski definition) is 3. The number of β-amino-alcohol motifs (C(OH)–C–C–N with tert-alkyl or cyclic N) is 1. The van der Waals surface area contributed by atoms with Crippen LogP contribution in [0.5, 0.6) is 0 Å². The first-order valence-corrected chi connectivity index (χ1v) is 10.8. The molecule has 1 aliphatic heterocycles. The Morgan fingerprint density at radius 3 is 2.86 bits per heavy atom. The van der Waals surface area contributed by atoms with Gasteiger partial charge in [-0.05, 0) is 61.8 Å². The highest BCUT2D eigenvalue weighted by molar-refractivity contribution is 9.11. The van der Waals surface area contributed by atoms with Gasteiger partial charge in [0.15, 0.2) is 0 Å². The van der Waals surface area contributed by atoms with Crippen molar-refractivity contribution >= 4 is 15.9 Å². The number of halogens is 2. The lowest BCUT2D eigenvalue weighted by Crippen LogP contribution is -2.39. The summed E-state index contributed by atoms with van der Waals surface area (Å²) < 4.78 is 19.5. The molecule has 3 atom stereocenters. The Hall–Kier alpha value is -1.27. The molecule has 0 aliphatic carbocycles. The van der Waals surface area contributed by atoms with Crippen LogP contribution in [-0.4, -0.2) is 48.0 Å². The normalized spacial score (nSPS) is 20.7. The molecule has 0 radical (unpaired) electrons. The van der Waals surface area contributed by atoms with Crippen molar-refractivity contribution in [1.29, 1.82) is 0 Å². The highest BCUT2D eigenvalue weighted by Crippen LogP contribution is 2.22. The second-order valence-electron chi connectivity index (χ2n) is 7.36. The van der Waals surface area contributed by atoms with Crippen molar-refractivity contribution in [3.63, 3.8) is 0 Å². The molecular formula is C23H31BrFNO2. The van der Waals surface area contributed by atoms with Crippen molar-refractivity contribution in [2.45, 2.75) is 51.4 Å². The van der Waals surface area contributed by atoms with Crippen molar-refractivity contribution in [1.82, 2.24) is 4.90 Å². The van der Waals surface area contributed by atoms with E-state index in [0.717, 1.165) is 31.4 Å². The van der Waals surface area contributed by atoms with E-state index in [0.29, 0.717) is 24.8 Å². The summed E-state index contributed by atoms with van der Waals surface area (Å²) in [7, 11) is 0. The van der Waals surface area contributed by atoms with E-state index in [1.807, 2.05) is 49.4 Å². The van der Waals surface area contributed by atoms with E-state index in [9.17, 15) is 9.50 Å². The molecule has 0 amide bonds. The number of hydrogen-bond donors (Lipinski definition) is 1. The zero-order valence-electron chi connectivity index (χ0n) is 16.7. The van der Waals surface area contributed by atoms with E-state index in [-0.39, 0.29) is 11.9 Å². The number of nitrogens with zero attached hydrogens (tertiary/aromatic N) is 1. The van der Waals surface area contributed by atoms with Crippen LogP contribution >= 0.6 is 15.9 Å². The molecule has 1 aromatic carbocycles. The van der Waals surface area contributed by atoms with Crippen LogP contribution in [0, 0.1) is 12.7 Å². The molecule has 1 aromatic rings. The minimum atomic E-state index is -0.530. The van der Waals surface area contributed by atoms with Gasteiger partial charge >= 0.3 is 0 Å². The first-order valence-electron chi connectivity index (χ1n) is 9.88. The summed E-state index contributed by atoms with van der Waals surface area (Å²) in [6, 6.07) is 5.83. The van der Waals surface area contributed by atoms with Crippen molar-refractivity contribution in [3.05, 3.63) is 70.5 Å². The van der Waals surface area contributed by atoms with Crippen LogP contribution in [-0.2, 0) is 11.2 Å². The maximum absolute atomic E-state index is 13.8. The summed E-state index contributed by atoms with van der Waals surface area (Å²) in [5.74, 6) is -0.143. The molecule has 1 saturated heterocycles. The summed E-state index contributed by atoms with van der Waals surface area (Å²) >= 11 is 3.21. The fraction of sp³-hybridized carbons (Fsp3) is 0.478. The third-order valence-electron chi connectivity index (χ3n) is 4.99. The van der Waals surface area contributed by atoms with Gasteiger partial charge in [-0.1, -0.05) is 58.4 Å². The number of benzene rings is 1. The second-order valence-corrected chi connectivity index (χ2v) is 7.89. The van der Waals surface area contributed by atoms with E-state index in [1.54, 1.807) is 18.0 Å². The van der Waals surface area contributed by atoms with E-state index < -0.39 is 6.10 Å². The van der Waals surface area contributed by atoms with E-state index in [1.165, 1.54) is 0 Å². The zero-order valence-corrected chi connectivity index (χ0v) is 18.3. The van der Waals surface area contributed by atoms with E-state index in [2.05, 4.69) is 20.8 Å². The van der Waals surface area contributed by atoms with Gasteiger partial charge in [0.1, 0.15) is 5.82 Å². The van der Waals surface area contributed by atoms with Crippen LogP contribution in [0.4, 0.5) is 4.39 Å². The molecule has 3 nitrogen and oxygen atoms in total. The SMILES string of the molecule is Cc1ccc(C[C@@H]2CCCN2C[C@@H](O)CO[C@H](C)/C=C/C=C\C=C\Br)cc1F. The Kier molecular flexibility index (Phi) is 10.1. The molecule has 5 heteroatoms. The number of aliphatic hydroxyl groups is 1. The Morgan fingerprint density at radius 2 is 2.11 bits per heavy atom. The summed E-state index contributed by atoms with van der Waals surface area (Å²) in [6.45, 7) is 5.61. The second kappa shape index (κ2) is 12.3. The molecular weight excluding hydrogens is 421 g/mol. The topological polar surface area (TPSA) is 32.7 Å². The predicted octanol–water partition coefficient (Wildman–Crippen LogP) is 4.93. The first-order chi connectivity index (χ1) is 13.5. The maximum atomic E-state index is 13.8. The van der Waals surface area contributed by atoms with E-state index in [4.69, 9.17) is 4.74 Å². The van der Waals surface area contributed by atoms with Crippen molar-refractivity contribution < 1.29 is 14.2 Å². The summed E-state index contributed by atoms with van der Waals surface area (Å²) in [4.78, 5) is 4.09. The number of ether oxygens (including phenoxy) is 1. The quantitative estimate of drug-likeness (QED) is 0.511. The Labute approximate surface area is 176 Å². The van der Waals surface area contributed by atoms with Gasteiger partial charge in [-0.25, -0.2) is 4.39 Å². The number of aliphatic hydroxyl groups excluding tert-OH is 1. The largest absolute Gasteiger partial charge is 0.389 e. The van der Waals surface area contributed by atoms with Crippen molar-refractivity contribution in [2.75, 3.05) is 19.7 Å². The van der Waals surface area contributed by atoms with Crippen molar-refractivity contribution in [2.24, 2.45) is 0 Å². The van der Waals surface area contributed by atoms with Gasteiger partial charge in [-0.15, -0.1) is 0 Å². The average Bonchev–Trinajstić information content (AvgIpc) is 3.09.